The number of nitrogens with zero attached hydrogens (tertiary/aromatic N) is 1. The van der Waals surface area contributed by atoms with Gasteiger partial charge in [0.25, 0.3) is 0 Å². The van der Waals surface area contributed by atoms with Crippen LogP contribution < -0.4 is 0 Å². The fourth-order valence-corrected chi connectivity index (χ4v) is 2.47. The van der Waals surface area contributed by atoms with Crippen molar-refractivity contribution in [3.05, 3.63) is 50.4 Å². The zero-order chi connectivity index (χ0) is 11.5. The Hall–Kier alpha value is -0.900. The maximum absolute atomic E-state index is 11.8. The molecule has 0 bridgehead atoms. The molecule has 2 nitrogen and oxygen atoms in total. The Labute approximate surface area is 107 Å². The minimum Gasteiger partial charge on any atom is -0.293 e. The highest BCUT2D eigenvalue weighted by atomic mass is 35.5. The molecule has 0 atom stereocenters. The number of pyridine rings is 1. The van der Waals surface area contributed by atoms with Crippen LogP contribution in [-0.4, -0.2) is 10.8 Å². The summed E-state index contributed by atoms with van der Waals surface area (Å²) in [5.41, 5.74) is 0.856. The molecule has 0 unspecified atom stereocenters. The van der Waals surface area contributed by atoms with Gasteiger partial charge < -0.3 is 0 Å². The average Bonchev–Trinajstić information content (AvgIpc) is 2.65. The van der Waals surface area contributed by atoms with E-state index in [9.17, 15) is 4.79 Å². The summed E-state index contributed by atoms with van der Waals surface area (Å²) >= 11 is 12.8. The molecule has 2 aromatic heterocycles. The number of carbonyl (C=O) groups is 1. The van der Waals surface area contributed by atoms with E-state index in [1.165, 1.54) is 11.3 Å². The third-order valence-electron chi connectivity index (χ3n) is 2.00. The number of aromatic nitrogens is 1. The Morgan fingerprint density at radius 1 is 1.31 bits per heavy atom. The minimum absolute atomic E-state index is 0.0409. The zero-order valence-corrected chi connectivity index (χ0v) is 10.4. The van der Waals surface area contributed by atoms with Gasteiger partial charge in [-0.3, -0.25) is 4.79 Å². The molecule has 0 N–H and O–H groups in total. The number of ketones is 1. The van der Waals surface area contributed by atoms with E-state index < -0.39 is 0 Å². The summed E-state index contributed by atoms with van der Waals surface area (Å²) in [5.74, 6) is 0.0409. The van der Waals surface area contributed by atoms with Crippen LogP contribution in [0.2, 0.25) is 9.49 Å². The van der Waals surface area contributed by atoms with Gasteiger partial charge in [-0.1, -0.05) is 23.2 Å². The van der Waals surface area contributed by atoms with E-state index in [1.54, 1.807) is 30.5 Å². The molecule has 0 spiro atoms. The zero-order valence-electron chi connectivity index (χ0n) is 8.11. The number of Topliss-reactive ketones (excluding diaryl/α,β-unsaturated/α-hetero) is 1. The quantitative estimate of drug-likeness (QED) is 0.627. The highest BCUT2D eigenvalue weighted by Gasteiger charge is 2.09. The Kier molecular flexibility index (Phi) is 3.59. The molecule has 0 fully saturated rings. The van der Waals surface area contributed by atoms with Gasteiger partial charge in [0, 0.05) is 12.6 Å². The second-order valence-electron chi connectivity index (χ2n) is 3.19. The summed E-state index contributed by atoms with van der Waals surface area (Å²) in [4.78, 5) is 16.4. The summed E-state index contributed by atoms with van der Waals surface area (Å²) in [6.45, 7) is 0. The standard InChI is InChI=1S/C11H7Cl2NOS/c12-10-6-7(3-4-14-10)5-8(15)9-1-2-11(13)16-9/h1-4,6H,5H2. The van der Waals surface area contributed by atoms with Crippen LogP contribution in [0.3, 0.4) is 0 Å². The average molecular weight is 272 g/mol. The van der Waals surface area contributed by atoms with Crippen LogP contribution in [-0.2, 0) is 6.42 Å². The molecule has 0 radical (unpaired) electrons. The Balaban J connectivity index is 2.13. The first-order valence-electron chi connectivity index (χ1n) is 4.54. The van der Waals surface area contributed by atoms with Gasteiger partial charge in [0.2, 0.25) is 0 Å². The number of thiophene rings is 1. The normalized spacial score (nSPS) is 10.4. The van der Waals surface area contributed by atoms with Crippen LogP contribution in [0.15, 0.2) is 30.5 Å². The van der Waals surface area contributed by atoms with Crippen LogP contribution in [0, 0.1) is 0 Å². The van der Waals surface area contributed by atoms with Crippen LogP contribution in [0.1, 0.15) is 15.2 Å². The lowest BCUT2D eigenvalue weighted by atomic mass is 10.1. The summed E-state index contributed by atoms with van der Waals surface area (Å²) in [6.07, 6.45) is 1.91. The summed E-state index contributed by atoms with van der Waals surface area (Å²) in [6, 6.07) is 6.92. The van der Waals surface area contributed by atoms with Gasteiger partial charge in [-0.25, -0.2) is 4.98 Å². The van der Waals surface area contributed by atoms with Crippen molar-refractivity contribution in [3.8, 4) is 0 Å². The maximum atomic E-state index is 11.8. The molecular formula is C11H7Cl2NOS. The summed E-state index contributed by atoms with van der Waals surface area (Å²) in [7, 11) is 0. The Morgan fingerprint density at radius 2 is 2.12 bits per heavy atom. The van der Waals surface area contributed by atoms with E-state index in [1.807, 2.05) is 0 Å². The first kappa shape index (κ1) is 11.6. The fourth-order valence-electron chi connectivity index (χ4n) is 1.29. The molecule has 0 aliphatic carbocycles. The van der Waals surface area contributed by atoms with E-state index in [-0.39, 0.29) is 5.78 Å². The van der Waals surface area contributed by atoms with Crippen molar-refractivity contribution >= 4 is 40.3 Å². The largest absolute Gasteiger partial charge is 0.293 e. The SMILES string of the molecule is O=C(Cc1ccnc(Cl)c1)c1ccc(Cl)s1. The van der Waals surface area contributed by atoms with E-state index in [0.717, 1.165) is 5.56 Å². The molecule has 0 saturated carbocycles. The van der Waals surface area contributed by atoms with E-state index in [4.69, 9.17) is 23.2 Å². The van der Waals surface area contributed by atoms with Crippen molar-refractivity contribution in [2.24, 2.45) is 0 Å². The third-order valence-corrected chi connectivity index (χ3v) is 3.48. The van der Waals surface area contributed by atoms with Crippen molar-refractivity contribution in [2.75, 3.05) is 0 Å². The van der Waals surface area contributed by atoms with Crippen LogP contribution in [0.4, 0.5) is 0 Å². The van der Waals surface area contributed by atoms with Gasteiger partial charge in [-0.2, -0.15) is 0 Å². The van der Waals surface area contributed by atoms with Gasteiger partial charge in [0.1, 0.15) is 5.15 Å². The second-order valence-corrected chi connectivity index (χ2v) is 5.29. The van der Waals surface area contributed by atoms with Crippen LogP contribution >= 0.6 is 34.5 Å². The summed E-state index contributed by atoms with van der Waals surface area (Å²) in [5, 5.41) is 0.398. The number of hydrogen-bond acceptors (Lipinski definition) is 3. The molecule has 2 rings (SSSR count). The highest BCUT2D eigenvalue weighted by molar-refractivity contribution is 7.18. The molecule has 0 aliphatic rings. The Bertz CT molecular complexity index is 524. The smallest absolute Gasteiger partial charge is 0.177 e. The van der Waals surface area contributed by atoms with Gasteiger partial charge in [0.05, 0.1) is 9.21 Å². The number of halogens is 2. The van der Waals surface area contributed by atoms with Gasteiger partial charge in [-0.05, 0) is 29.8 Å². The van der Waals surface area contributed by atoms with E-state index in [0.29, 0.717) is 20.8 Å². The van der Waals surface area contributed by atoms with Crippen molar-refractivity contribution < 1.29 is 4.79 Å². The number of hydrogen-bond donors (Lipinski definition) is 0. The predicted molar refractivity (Wildman–Crippen MR) is 66.6 cm³/mol. The first-order chi connectivity index (χ1) is 7.65. The van der Waals surface area contributed by atoms with E-state index in [2.05, 4.69) is 4.98 Å². The molecule has 0 saturated heterocycles. The predicted octanol–water partition coefficient (Wildman–Crippen LogP) is 3.88. The molecule has 2 heterocycles. The fraction of sp³-hybridized carbons (Fsp3) is 0.0909. The highest BCUT2D eigenvalue weighted by Crippen LogP contribution is 2.23. The molecule has 2 aromatic rings. The molecule has 82 valence electrons. The molecular weight excluding hydrogens is 265 g/mol. The Morgan fingerprint density at radius 3 is 2.75 bits per heavy atom. The van der Waals surface area contributed by atoms with Crippen LogP contribution in [0.25, 0.3) is 0 Å². The lowest BCUT2D eigenvalue weighted by molar-refractivity contribution is 0.0997. The molecule has 0 aromatic carbocycles. The molecule has 0 amide bonds. The van der Waals surface area contributed by atoms with Gasteiger partial charge in [-0.15, -0.1) is 11.3 Å². The van der Waals surface area contributed by atoms with Crippen molar-refractivity contribution in [2.45, 2.75) is 6.42 Å². The van der Waals surface area contributed by atoms with Gasteiger partial charge in [0.15, 0.2) is 5.78 Å². The van der Waals surface area contributed by atoms with Crippen molar-refractivity contribution in [1.82, 2.24) is 4.98 Å². The second kappa shape index (κ2) is 4.95. The van der Waals surface area contributed by atoms with Crippen molar-refractivity contribution in [1.29, 1.82) is 0 Å². The van der Waals surface area contributed by atoms with Crippen molar-refractivity contribution in [3.63, 3.8) is 0 Å². The maximum Gasteiger partial charge on any atom is 0.177 e. The molecule has 16 heavy (non-hydrogen) atoms. The molecule has 5 heteroatoms. The summed E-state index contributed by atoms with van der Waals surface area (Å²) < 4.78 is 0.621. The number of rotatable bonds is 3. The van der Waals surface area contributed by atoms with Gasteiger partial charge >= 0.3 is 0 Å². The monoisotopic (exact) mass is 271 g/mol. The third kappa shape index (κ3) is 2.82. The topological polar surface area (TPSA) is 30.0 Å². The van der Waals surface area contributed by atoms with E-state index >= 15 is 0 Å². The minimum atomic E-state index is 0.0409. The first-order valence-corrected chi connectivity index (χ1v) is 6.11. The lowest BCUT2D eigenvalue weighted by Gasteiger charge is -1.99. The lowest BCUT2D eigenvalue weighted by Crippen LogP contribution is -2.01. The van der Waals surface area contributed by atoms with Crippen LogP contribution in [0.5, 0.6) is 0 Å². The molecule has 0 aliphatic heterocycles. The number of carbonyl (C=O) groups excluding carboxylic acids is 1.